The van der Waals surface area contributed by atoms with Gasteiger partial charge in [-0.25, -0.2) is 4.98 Å². The van der Waals surface area contributed by atoms with Gasteiger partial charge >= 0.3 is 0 Å². The molecule has 1 aromatic heterocycles. The van der Waals surface area contributed by atoms with E-state index in [0.717, 1.165) is 11.6 Å². The van der Waals surface area contributed by atoms with Crippen LogP contribution in [0.1, 0.15) is 33.4 Å². The Kier molecular flexibility index (Phi) is 1.95. The quantitative estimate of drug-likeness (QED) is 0.807. The topological polar surface area (TPSA) is 29.9 Å². The van der Waals surface area contributed by atoms with Crippen molar-refractivity contribution in [2.45, 2.75) is 40.7 Å². The predicted molar refractivity (Wildman–Crippen MR) is 62.9 cm³/mol. The van der Waals surface area contributed by atoms with Crippen LogP contribution in [0.15, 0.2) is 6.20 Å². The number of aromatic nitrogens is 2. The molecule has 0 radical (unpaired) electrons. The van der Waals surface area contributed by atoms with Gasteiger partial charge in [-0.1, -0.05) is 27.7 Å². The van der Waals surface area contributed by atoms with Gasteiger partial charge in [-0.05, 0) is 17.8 Å². The van der Waals surface area contributed by atoms with Crippen molar-refractivity contribution < 1.29 is 0 Å². The maximum atomic E-state index is 4.47. The highest BCUT2D eigenvalue weighted by Gasteiger charge is 2.65. The highest BCUT2D eigenvalue weighted by Crippen LogP contribution is 2.63. The molecular weight excluding hydrogens is 186 g/mol. The minimum Gasteiger partial charge on any atom is -0.352 e. The first kappa shape index (κ1) is 10.5. The van der Waals surface area contributed by atoms with E-state index < -0.39 is 0 Å². The summed E-state index contributed by atoms with van der Waals surface area (Å²) in [5.74, 6) is 0.983. The lowest BCUT2D eigenvalue weighted by molar-refractivity contribution is 0.457. The number of hydrogen-bond acceptors (Lipinski definition) is 2. The zero-order valence-corrected chi connectivity index (χ0v) is 10.5. The molecule has 0 atom stereocenters. The number of anilines is 1. The number of nitrogens with zero attached hydrogens (tertiary/aromatic N) is 2. The molecule has 1 aromatic rings. The van der Waals surface area contributed by atoms with Crippen molar-refractivity contribution in [3.05, 3.63) is 11.9 Å². The Morgan fingerprint density at radius 3 is 2.13 bits per heavy atom. The van der Waals surface area contributed by atoms with Gasteiger partial charge in [0.15, 0.2) is 0 Å². The van der Waals surface area contributed by atoms with E-state index in [4.69, 9.17) is 0 Å². The highest BCUT2D eigenvalue weighted by molar-refractivity contribution is 5.38. The van der Waals surface area contributed by atoms with E-state index in [1.165, 1.54) is 0 Å². The molecule has 1 aliphatic rings. The summed E-state index contributed by atoms with van der Waals surface area (Å²) in [5, 5.41) is 3.54. The Hall–Kier alpha value is -0.990. The molecule has 1 saturated carbocycles. The van der Waals surface area contributed by atoms with Gasteiger partial charge in [-0.2, -0.15) is 0 Å². The van der Waals surface area contributed by atoms with Crippen LogP contribution in [0.3, 0.4) is 0 Å². The van der Waals surface area contributed by atoms with Gasteiger partial charge < -0.3 is 9.88 Å². The Labute approximate surface area is 91.9 Å². The van der Waals surface area contributed by atoms with Gasteiger partial charge in [0, 0.05) is 19.3 Å². The van der Waals surface area contributed by atoms with Gasteiger partial charge in [0.25, 0.3) is 0 Å². The van der Waals surface area contributed by atoms with Crippen molar-refractivity contribution in [2.75, 3.05) is 5.32 Å². The standard InChI is InChI=1S/C12H21N3/c1-8-7-15(6)10(13-8)14-9-11(2,3)12(9,4)5/h7,9H,1-6H3,(H,13,14). The molecule has 1 heterocycles. The molecule has 0 aromatic carbocycles. The smallest absolute Gasteiger partial charge is 0.203 e. The zero-order valence-electron chi connectivity index (χ0n) is 10.5. The number of nitrogens with one attached hydrogen (secondary N) is 1. The van der Waals surface area contributed by atoms with Gasteiger partial charge in [0.2, 0.25) is 5.95 Å². The molecule has 0 bridgehead atoms. The minimum absolute atomic E-state index is 0.354. The molecule has 0 aliphatic heterocycles. The van der Waals surface area contributed by atoms with Crippen molar-refractivity contribution in [1.82, 2.24) is 9.55 Å². The largest absolute Gasteiger partial charge is 0.352 e. The summed E-state index contributed by atoms with van der Waals surface area (Å²) >= 11 is 0. The molecular formula is C12H21N3. The molecule has 15 heavy (non-hydrogen) atoms. The number of imidazole rings is 1. The van der Waals surface area contributed by atoms with Gasteiger partial charge in [-0.3, -0.25) is 0 Å². The van der Waals surface area contributed by atoms with E-state index in [1.54, 1.807) is 0 Å². The number of hydrogen-bond donors (Lipinski definition) is 1. The van der Waals surface area contributed by atoms with E-state index in [1.807, 2.05) is 20.2 Å². The van der Waals surface area contributed by atoms with Crippen molar-refractivity contribution >= 4 is 5.95 Å². The molecule has 3 heteroatoms. The second kappa shape index (κ2) is 2.77. The van der Waals surface area contributed by atoms with E-state index in [-0.39, 0.29) is 0 Å². The van der Waals surface area contributed by atoms with E-state index in [2.05, 4.69) is 42.6 Å². The van der Waals surface area contributed by atoms with Crippen LogP contribution in [0.2, 0.25) is 0 Å². The monoisotopic (exact) mass is 207 g/mol. The third-order valence-corrected chi connectivity index (χ3v) is 4.29. The molecule has 0 saturated heterocycles. The number of aryl methyl sites for hydroxylation is 2. The summed E-state index contributed by atoms with van der Waals surface area (Å²) in [5.41, 5.74) is 1.77. The van der Waals surface area contributed by atoms with Gasteiger partial charge in [0.05, 0.1) is 5.69 Å². The Morgan fingerprint density at radius 1 is 1.27 bits per heavy atom. The third-order valence-electron chi connectivity index (χ3n) is 4.29. The zero-order chi connectivity index (χ0) is 11.4. The van der Waals surface area contributed by atoms with Crippen LogP contribution in [-0.2, 0) is 7.05 Å². The molecule has 3 nitrogen and oxygen atoms in total. The molecule has 0 unspecified atom stereocenters. The fourth-order valence-corrected chi connectivity index (χ4v) is 2.44. The van der Waals surface area contributed by atoms with Crippen LogP contribution in [0.5, 0.6) is 0 Å². The SMILES string of the molecule is Cc1cn(C)c(NC2C(C)(C)C2(C)C)n1. The van der Waals surface area contributed by atoms with Crippen molar-refractivity contribution in [2.24, 2.45) is 17.9 Å². The normalized spacial score (nSPS) is 22.8. The summed E-state index contributed by atoms with van der Waals surface area (Å²) < 4.78 is 2.06. The molecule has 0 amide bonds. The van der Waals surface area contributed by atoms with Crippen LogP contribution < -0.4 is 5.32 Å². The van der Waals surface area contributed by atoms with E-state index >= 15 is 0 Å². The Morgan fingerprint density at radius 2 is 1.80 bits per heavy atom. The lowest BCUT2D eigenvalue weighted by Crippen LogP contribution is -2.13. The van der Waals surface area contributed by atoms with E-state index in [9.17, 15) is 0 Å². The van der Waals surface area contributed by atoms with Crippen LogP contribution in [0, 0.1) is 17.8 Å². The van der Waals surface area contributed by atoms with E-state index in [0.29, 0.717) is 16.9 Å². The summed E-state index contributed by atoms with van der Waals surface area (Å²) in [6, 6.07) is 0.519. The first-order valence-corrected chi connectivity index (χ1v) is 5.53. The summed E-state index contributed by atoms with van der Waals surface area (Å²) in [6.07, 6.45) is 2.05. The van der Waals surface area contributed by atoms with Gasteiger partial charge in [0.1, 0.15) is 0 Å². The average Bonchev–Trinajstić information content (AvgIpc) is 2.41. The Balaban J connectivity index is 2.16. The third kappa shape index (κ3) is 1.36. The van der Waals surface area contributed by atoms with Crippen molar-refractivity contribution in [1.29, 1.82) is 0 Å². The van der Waals surface area contributed by atoms with Crippen LogP contribution in [-0.4, -0.2) is 15.6 Å². The molecule has 1 fully saturated rings. The fraction of sp³-hybridized carbons (Fsp3) is 0.750. The second-order valence-corrected chi connectivity index (χ2v) is 5.84. The lowest BCUT2D eigenvalue weighted by Gasteiger charge is -2.07. The predicted octanol–water partition coefficient (Wildman–Crippen LogP) is 2.58. The Bertz CT molecular complexity index is 374. The highest BCUT2D eigenvalue weighted by atomic mass is 15.2. The molecule has 84 valence electrons. The average molecular weight is 207 g/mol. The second-order valence-electron chi connectivity index (χ2n) is 5.84. The minimum atomic E-state index is 0.354. The summed E-state index contributed by atoms with van der Waals surface area (Å²) in [6.45, 7) is 11.2. The molecule has 2 rings (SSSR count). The summed E-state index contributed by atoms with van der Waals surface area (Å²) in [7, 11) is 2.03. The molecule has 1 aliphatic carbocycles. The fourth-order valence-electron chi connectivity index (χ4n) is 2.44. The van der Waals surface area contributed by atoms with Crippen molar-refractivity contribution in [3.8, 4) is 0 Å². The van der Waals surface area contributed by atoms with Crippen LogP contribution in [0.4, 0.5) is 5.95 Å². The first-order chi connectivity index (χ1) is 6.76. The van der Waals surface area contributed by atoms with Crippen molar-refractivity contribution in [3.63, 3.8) is 0 Å². The van der Waals surface area contributed by atoms with Crippen LogP contribution >= 0.6 is 0 Å². The maximum Gasteiger partial charge on any atom is 0.203 e. The lowest BCUT2D eigenvalue weighted by atomic mass is 10.0. The maximum absolute atomic E-state index is 4.47. The molecule has 1 N–H and O–H groups in total. The number of rotatable bonds is 2. The van der Waals surface area contributed by atoms with Crippen LogP contribution in [0.25, 0.3) is 0 Å². The molecule has 0 spiro atoms. The van der Waals surface area contributed by atoms with Gasteiger partial charge in [-0.15, -0.1) is 0 Å². The first-order valence-electron chi connectivity index (χ1n) is 5.53. The summed E-state index contributed by atoms with van der Waals surface area (Å²) in [4.78, 5) is 4.47.